The van der Waals surface area contributed by atoms with Gasteiger partial charge in [0.25, 0.3) is 5.56 Å². The lowest BCUT2D eigenvalue weighted by atomic mass is 9.97. The van der Waals surface area contributed by atoms with Crippen LogP contribution in [0.1, 0.15) is 0 Å². The Morgan fingerprint density at radius 2 is 1.62 bits per heavy atom. The highest BCUT2D eigenvalue weighted by molar-refractivity contribution is 7.90. The van der Waals surface area contributed by atoms with Crippen LogP contribution >= 0.6 is 0 Å². The molecule has 0 amide bonds. The van der Waals surface area contributed by atoms with Gasteiger partial charge in [-0.25, -0.2) is 17.5 Å². The van der Waals surface area contributed by atoms with Gasteiger partial charge >= 0.3 is 0 Å². The van der Waals surface area contributed by atoms with Crippen LogP contribution in [0, 0.1) is 5.82 Å². The Morgan fingerprint density at radius 3 is 2.15 bits per heavy atom. The number of rotatable bonds is 4. The molecular formula is C19H15FN2O3S. The summed E-state index contributed by atoms with van der Waals surface area (Å²) in [6, 6.07) is 11.7. The minimum Gasteiger partial charge on any atom is -0.267 e. The van der Waals surface area contributed by atoms with Crippen LogP contribution in [-0.4, -0.2) is 24.5 Å². The summed E-state index contributed by atoms with van der Waals surface area (Å²) < 4.78 is 37.6. The number of halogens is 1. The van der Waals surface area contributed by atoms with E-state index in [9.17, 15) is 17.6 Å². The van der Waals surface area contributed by atoms with Crippen molar-refractivity contribution in [3.8, 4) is 22.3 Å². The molecule has 3 aromatic rings. The number of aromatic nitrogens is 2. The summed E-state index contributed by atoms with van der Waals surface area (Å²) in [6.07, 6.45) is 3.90. The van der Waals surface area contributed by atoms with Gasteiger partial charge in [-0.05, 0) is 35.4 Å². The van der Waals surface area contributed by atoms with Crippen molar-refractivity contribution in [2.45, 2.75) is 4.90 Å². The molecule has 1 aromatic heterocycles. The fourth-order valence-corrected chi connectivity index (χ4v) is 3.22. The second-order valence-corrected chi connectivity index (χ2v) is 7.68. The summed E-state index contributed by atoms with van der Waals surface area (Å²) in [5, 5.41) is 4.04. The maximum atomic E-state index is 13.3. The summed E-state index contributed by atoms with van der Waals surface area (Å²) in [5.41, 5.74) is 1.58. The van der Waals surface area contributed by atoms with E-state index in [0.717, 1.165) is 10.9 Å². The molecule has 0 saturated heterocycles. The Hall–Kier alpha value is -3.06. The van der Waals surface area contributed by atoms with Gasteiger partial charge in [-0.2, -0.15) is 5.10 Å². The Balaban J connectivity index is 2.25. The number of nitrogens with zero attached hydrogens (tertiary/aromatic N) is 2. The molecule has 26 heavy (non-hydrogen) atoms. The SMILES string of the molecule is C=Cn1ncc(-c2ccc(S(C)(=O)=O)cc2)c(-c2ccc(F)cc2)c1=O. The van der Waals surface area contributed by atoms with Crippen LogP contribution in [0.3, 0.4) is 0 Å². The van der Waals surface area contributed by atoms with E-state index in [2.05, 4.69) is 11.7 Å². The van der Waals surface area contributed by atoms with Gasteiger partial charge in [-0.15, -0.1) is 0 Å². The molecule has 5 nitrogen and oxygen atoms in total. The van der Waals surface area contributed by atoms with Gasteiger partial charge in [0, 0.05) is 18.0 Å². The van der Waals surface area contributed by atoms with E-state index >= 15 is 0 Å². The van der Waals surface area contributed by atoms with E-state index in [1.807, 2.05) is 0 Å². The van der Waals surface area contributed by atoms with Gasteiger partial charge < -0.3 is 0 Å². The quantitative estimate of drug-likeness (QED) is 0.707. The first-order valence-corrected chi connectivity index (χ1v) is 9.51. The summed E-state index contributed by atoms with van der Waals surface area (Å²) in [4.78, 5) is 12.9. The highest BCUT2D eigenvalue weighted by atomic mass is 32.2. The van der Waals surface area contributed by atoms with E-state index in [1.165, 1.54) is 48.8 Å². The van der Waals surface area contributed by atoms with Gasteiger partial charge in [0.1, 0.15) is 5.82 Å². The van der Waals surface area contributed by atoms with Crippen LogP contribution < -0.4 is 5.56 Å². The molecule has 1 heterocycles. The molecule has 0 N–H and O–H groups in total. The van der Waals surface area contributed by atoms with Crippen LogP contribution in [0.25, 0.3) is 28.5 Å². The molecule has 0 saturated carbocycles. The number of sulfone groups is 1. The maximum Gasteiger partial charge on any atom is 0.279 e. The molecule has 0 aliphatic carbocycles. The first kappa shape index (κ1) is 17.8. The van der Waals surface area contributed by atoms with E-state index in [0.29, 0.717) is 22.3 Å². The molecule has 0 radical (unpaired) electrons. The number of hydrogen-bond acceptors (Lipinski definition) is 4. The van der Waals surface area contributed by atoms with Gasteiger partial charge in [-0.1, -0.05) is 30.8 Å². The standard InChI is InChI=1S/C19H15FN2O3S/c1-3-22-19(23)18(14-4-8-15(20)9-5-14)17(12-21-22)13-6-10-16(11-7-13)26(2,24)25/h3-12H,1H2,2H3. The molecule has 3 rings (SSSR count). The van der Waals surface area contributed by atoms with Crippen LogP contribution in [0.15, 0.2) is 71.0 Å². The fourth-order valence-electron chi connectivity index (χ4n) is 2.59. The van der Waals surface area contributed by atoms with Crippen LogP contribution in [0.5, 0.6) is 0 Å². The topological polar surface area (TPSA) is 69.0 Å². The predicted octanol–water partition coefficient (Wildman–Crippen LogP) is 3.22. The van der Waals surface area contributed by atoms with Crippen molar-refractivity contribution >= 4 is 16.0 Å². The van der Waals surface area contributed by atoms with E-state index in [4.69, 9.17) is 0 Å². The highest BCUT2D eigenvalue weighted by Gasteiger charge is 2.15. The molecule has 2 aromatic carbocycles. The number of hydrogen-bond donors (Lipinski definition) is 0. The first-order chi connectivity index (χ1) is 12.3. The molecular weight excluding hydrogens is 355 g/mol. The summed E-state index contributed by atoms with van der Waals surface area (Å²) in [7, 11) is -3.32. The highest BCUT2D eigenvalue weighted by Crippen LogP contribution is 2.29. The monoisotopic (exact) mass is 370 g/mol. The van der Waals surface area contributed by atoms with E-state index in [1.54, 1.807) is 12.1 Å². The minimum atomic E-state index is -3.32. The van der Waals surface area contributed by atoms with Crippen molar-refractivity contribution in [2.75, 3.05) is 6.26 Å². The average Bonchev–Trinajstić information content (AvgIpc) is 2.62. The van der Waals surface area contributed by atoms with Crippen LogP contribution in [0.2, 0.25) is 0 Å². The molecule has 0 atom stereocenters. The van der Waals surface area contributed by atoms with E-state index < -0.39 is 21.2 Å². The third-order valence-electron chi connectivity index (χ3n) is 3.90. The van der Waals surface area contributed by atoms with Crippen LogP contribution in [0.4, 0.5) is 4.39 Å². The molecule has 7 heteroatoms. The van der Waals surface area contributed by atoms with Gasteiger partial charge in [0.05, 0.1) is 16.7 Å². The molecule has 0 aliphatic rings. The fraction of sp³-hybridized carbons (Fsp3) is 0.0526. The Morgan fingerprint density at radius 1 is 1.04 bits per heavy atom. The van der Waals surface area contributed by atoms with E-state index in [-0.39, 0.29) is 4.90 Å². The minimum absolute atomic E-state index is 0.178. The van der Waals surface area contributed by atoms with Gasteiger partial charge in [0.15, 0.2) is 9.84 Å². The Kier molecular flexibility index (Phi) is 4.56. The molecule has 132 valence electrons. The summed E-state index contributed by atoms with van der Waals surface area (Å²) in [6.45, 7) is 3.56. The molecule has 0 unspecified atom stereocenters. The van der Waals surface area contributed by atoms with Crippen molar-refractivity contribution in [3.63, 3.8) is 0 Å². The first-order valence-electron chi connectivity index (χ1n) is 7.62. The molecule has 0 fully saturated rings. The van der Waals surface area contributed by atoms with Crippen molar-refractivity contribution < 1.29 is 12.8 Å². The van der Waals surface area contributed by atoms with Crippen molar-refractivity contribution in [3.05, 3.63) is 77.5 Å². The third-order valence-corrected chi connectivity index (χ3v) is 5.03. The second-order valence-electron chi connectivity index (χ2n) is 5.67. The average molecular weight is 370 g/mol. The third kappa shape index (κ3) is 3.34. The normalized spacial score (nSPS) is 11.3. The van der Waals surface area contributed by atoms with Crippen LogP contribution in [-0.2, 0) is 9.84 Å². The second kappa shape index (κ2) is 6.68. The lowest BCUT2D eigenvalue weighted by molar-refractivity contribution is 0.602. The molecule has 0 spiro atoms. The lowest BCUT2D eigenvalue weighted by Gasteiger charge is -2.11. The van der Waals surface area contributed by atoms with Crippen molar-refractivity contribution in [1.29, 1.82) is 0 Å². The predicted molar refractivity (Wildman–Crippen MR) is 98.8 cm³/mol. The van der Waals surface area contributed by atoms with Crippen molar-refractivity contribution in [2.24, 2.45) is 0 Å². The lowest BCUT2D eigenvalue weighted by Crippen LogP contribution is -2.20. The molecule has 0 aliphatic heterocycles. The zero-order chi connectivity index (χ0) is 18.9. The Labute approximate surface area is 150 Å². The zero-order valence-electron chi connectivity index (χ0n) is 13.9. The zero-order valence-corrected chi connectivity index (χ0v) is 14.7. The van der Waals surface area contributed by atoms with Gasteiger partial charge in [-0.3, -0.25) is 4.79 Å². The maximum absolute atomic E-state index is 13.3. The van der Waals surface area contributed by atoms with Crippen molar-refractivity contribution in [1.82, 2.24) is 9.78 Å². The number of benzene rings is 2. The smallest absolute Gasteiger partial charge is 0.267 e. The largest absolute Gasteiger partial charge is 0.279 e. The van der Waals surface area contributed by atoms with Gasteiger partial charge in [0.2, 0.25) is 0 Å². The molecule has 0 bridgehead atoms. The summed E-state index contributed by atoms with van der Waals surface area (Å²) >= 11 is 0. The Bertz CT molecular complexity index is 1130. The summed E-state index contributed by atoms with van der Waals surface area (Å²) in [5.74, 6) is -0.411.